The maximum Gasteiger partial charge on any atom is 0.277 e. The third kappa shape index (κ3) is 3.34. The van der Waals surface area contributed by atoms with Gasteiger partial charge in [0, 0.05) is 31.1 Å². The first-order valence-corrected chi connectivity index (χ1v) is 10.2. The fourth-order valence-electron chi connectivity index (χ4n) is 4.00. The van der Waals surface area contributed by atoms with E-state index in [4.69, 9.17) is 5.73 Å². The number of thiazole rings is 1. The number of anilines is 1. The molecule has 2 amide bonds. The number of fused-ring (bicyclic) bond motifs is 1. The summed E-state index contributed by atoms with van der Waals surface area (Å²) in [7, 11) is 0. The molecule has 0 spiro atoms. The highest BCUT2D eigenvalue weighted by molar-refractivity contribution is 7.13. The second-order valence-corrected chi connectivity index (χ2v) is 8.16. The molecule has 1 aromatic heterocycles. The van der Waals surface area contributed by atoms with Gasteiger partial charge in [-0.1, -0.05) is 12.1 Å². The van der Waals surface area contributed by atoms with Crippen molar-refractivity contribution in [3.8, 4) is 6.07 Å². The van der Waals surface area contributed by atoms with Gasteiger partial charge in [-0.15, -0.1) is 11.3 Å². The Morgan fingerprint density at radius 2 is 1.96 bits per heavy atom. The van der Waals surface area contributed by atoms with Crippen LogP contribution in [0.5, 0.6) is 0 Å². The Morgan fingerprint density at radius 3 is 2.68 bits per heavy atom. The van der Waals surface area contributed by atoms with Crippen LogP contribution in [0.4, 0.5) is 5.69 Å². The van der Waals surface area contributed by atoms with Gasteiger partial charge in [0.05, 0.1) is 22.9 Å². The summed E-state index contributed by atoms with van der Waals surface area (Å²) in [4.78, 5) is 34.1. The van der Waals surface area contributed by atoms with Gasteiger partial charge in [0.25, 0.3) is 5.91 Å². The predicted molar refractivity (Wildman–Crippen MR) is 106 cm³/mol. The fraction of sp³-hybridized carbons (Fsp3) is 0.400. The minimum absolute atomic E-state index is 0.0792. The van der Waals surface area contributed by atoms with Crippen molar-refractivity contribution in [2.45, 2.75) is 25.2 Å². The summed E-state index contributed by atoms with van der Waals surface area (Å²) in [6, 6.07) is 9.78. The Labute approximate surface area is 167 Å². The van der Waals surface area contributed by atoms with Gasteiger partial charge < -0.3 is 15.5 Å². The SMILES string of the molecule is N#Cc1ccccc1N1CCN(C(=O)C2CCCc3sc(C(N)=O)nc32)CC1. The van der Waals surface area contributed by atoms with Gasteiger partial charge in [-0.25, -0.2) is 4.98 Å². The molecule has 0 saturated carbocycles. The van der Waals surface area contributed by atoms with E-state index in [1.165, 1.54) is 11.3 Å². The molecular weight excluding hydrogens is 374 g/mol. The quantitative estimate of drug-likeness (QED) is 0.855. The summed E-state index contributed by atoms with van der Waals surface area (Å²) in [5, 5.41) is 9.61. The van der Waals surface area contributed by atoms with E-state index in [0.29, 0.717) is 36.8 Å². The number of benzene rings is 1. The van der Waals surface area contributed by atoms with E-state index in [-0.39, 0.29) is 11.8 Å². The third-order valence-corrected chi connectivity index (χ3v) is 6.57. The second kappa shape index (κ2) is 7.60. The van der Waals surface area contributed by atoms with E-state index in [1.54, 1.807) is 0 Å². The lowest BCUT2D eigenvalue weighted by molar-refractivity contribution is -0.133. The minimum atomic E-state index is -0.532. The summed E-state index contributed by atoms with van der Waals surface area (Å²) in [6.45, 7) is 2.59. The molecule has 1 aliphatic heterocycles. The number of hydrogen-bond donors (Lipinski definition) is 1. The molecule has 1 aliphatic carbocycles. The maximum absolute atomic E-state index is 13.2. The van der Waals surface area contributed by atoms with E-state index in [2.05, 4.69) is 16.0 Å². The molecule has 0 bridgehead atoms. The molecule has 8 heteroatoms. The van der Waals surface area contributed by atoms with Gasteiger partial charge in [0.2, 0.25) is 5.91 Å². The largest absolute Gasteiger partial charge is 0.367 e. The van der Waals surface area contributed by atoms with Crippen molar-refractivity contribution >= 4 is 28.8 Å². The molecule has 144 valence electrons. The third-order valence-electron chi connectivity index (χ3n) is 5.42. The van der Waals surface area contributed by atoms with E-state index >= 15 is 0 Å². The summed E-state index contributed by atoms with van der Waals surface area (Å²) in [5.41, 5.74) is 7.68. The van der Waals surface area contributed by atoms with Crippen molar-refractivity contribution in [2.24, 2.45) is 5.73 Å². The smallest absolute Gasteiger partial charge is 0.277 e. The molecule has 4 rings (SSSR count). The molecule has 1 aromatic carbocycles. The van der Waals surface area contributed by atoms with Crippen molar-refractivity contribution in [1.29, 1.82) is 5.26 Å². The van der Waals surface area contributed by atoms with Crippen molar-refractivity contribution in [2.75, 3.05) is 31.1 Å². The number of carbonyl (C=O) groups is 2. The number of nitriles is 1. The molecule has 1 saturated heterocycles. The van der Waals surface area contributed by atoms with Crippen LogP contribution < -0.4 is 10.6 Å². The lowest BCUT2D eigenvalue weighted by Gasteiger charge is -2.38. The summed E-state index contributed by atoms with van der Waals surface area (Å²) >= 11 is 1.32. The Hall–Kier alpha value is -2.92. The number of rotatable bonds is 3. The van der Waals surface area contributed by atoms with Gasteiger partial charge in [-0.3, -0.25) is 9.59 Å². The average Bonchev–Trinajstić information content (AvgIpc) is 3.18. The van der Waals surface area contributed by atoms with Crippen LogP contribution in [0.2, 0.25) is 0 Å². The molecule has 1 fully saturated rings. The minimum Gasteiger partial charge on any atom is -0.367 e. The Balaban J connectivity index is 1.47. The molecule has 28 heavy (non-hydrogen) atoms. The first kappa shape index (κ1) is 18.4. The molecule has 1 unspecified atom stereocenters. The number of piperazine rings is 1. The van der Waals surface area contributed by atoms with Crippen LogP contribution in [0.15, 0.2) is 24.3 Å². The number of hydrogen-bond acceptors (Lipinski definition) is 6. The zero-order valence-electron chi connectivity index (χ0n) is 15.4. The zero-order valence-corrected chi connectivity index (χ0v) is 16.2. The van der Waals surface area contributed by atoms with Gasteiger partial charge in [-0.05, 0) is 31.4 Å². The normalized spacial score (nSPS) is 19.0. The Kier molecular flexibility index (Phi) is 5.01. The molecule has 2 N–H and O–H groups in total. The summed E-state index contributed by atoms with van der Waals surface area (Å²) in [5.74, 6) is -0.739. The van der Waals surface area contributed by atoms with Crippen molar-refractivity contribution in [3.05, 3.63) is 45.4 Å². The number of nitrogens with two attached hydrogens (primary N) is 1. The number of amides is 2. The maximum atomic E-state index is 13.2. The molecule has 2 aromatic rings. The van der Waals surface area contributed by atoms with Crippen LogP contribution in [-0.2, 0) is 11.2 Å². The van der Waals surface area contributed by atoms with Gasteiger partial charge in [0.1, 0.15) is 6.07 Å². The van der Waals surface area contributed by atoms with Crippen molar-refractivity contribution in [3.63, 3.8) is 0 Å². The second-order valence-electron chi connectivity index (χ2n) is 7.08. The average molecular weight is 395 g/mol. The van der Waals surface area contributed by atoms with Crippen LogP contribution in [0.25, 0.3) is 0 Å². The molecule has 1 atom stereocenters. The van der Waals surface area contributed by atoms with Crippen LogP contribution in [0, 0.1) is 11.3 Å². The molecular formula is C20H21N5O2S. The number of nitrogens with zero attached hydrogens (tertiary/aromatic N) is 4. The standard InChI is InChI=1S/C20H21N5O2S/c21-12-13-4-1-2-6-15(13)24-8-10-25(11-9-24)20(27)14-5-3-7-16-17(14)23-19(28-16)18(22)26/h1-2,4,6,14H,3,5,7-11H2,(H2,22,26). The van der Waals surface area contributed by atoms with Crippen molar-refractivity contribution in [1.82, 2.24) is 9.88 Å². The molecule has 2 aliphatic rings. The van der Waals surface area contributed by atoms with Crippen LogP contribution in [0.1, 0.15) is 44.7 Å². The first-order chi connectivity index (χ1) is 13.6. The lowest BCUT2D eigenvalue weighted by Crippen LogP contribution is -2.50. The zero-order chi connectivity index (χ0) is 19.7. The van der Waals surface area contributed by atoms with Gasteiger partial charge in [-0.2, -0.15) is 5.26 Å². The van der Waals surface area contributed by atoms with E-state index in [1.807, 2.05) is 29.2 Å². The topological polar surface area (TPSA) is 103 Å². The molecule has 7 nitrogen and oxygen atoms in total. The van der Waals surface area contributed by atoms with Crippen LogP contribution in [0.3, 0.4) is 0 Å². The number of primary amides is 1. The van der Waals surface area contributed by atoms with E-state index in [0.717, 1.165) is 35.5 Å². The summed E-state index contributed by atoms with van der Waals surface area (Å²) in [6.07, 6.45) is 2.52. The van der Waals surface area contributed by atoms with Crippen molar-refractivity contribution < 1.29 is 9.59 Å². The summed E-state index contributed by atoms with van der Waals surface area (Å²) < 4.78 is 0. The van der Waals surface area contributed by atoms with Crippen LogP contribution >= 0.6 is 11.3 Å². The van der Waals surface area contributed by atoms with Gasteiger partial charge in [0.15, 0.2) is 5.01 Å². The Bertz CT molecular complexity index is 956. The highest BCUT2D eigenvalue weighted by Gasteiger charge is 2.35. The monoisotopic (exact) mass is 395 g/mol. The lowest BCUT2D eigenvalue weighted by atomic mass is 9.89. The predicted octanol–water partition coefficient (Wildman–Crippen LogP) is 1.88. The van der Waals surface area contributed by atoms with Crippen LogP contribution in [-0.4, -0.2) is 47.9 Å². The first-order valence-electron chi connectivity index (χ1n) is 9.40. The Morgan fingerprint density at radius 1 is 1.21 bits per heavy atom. The number of carbonyl (C=O) groups excluding carboxylic acids is 2. The number of aryl methyl sites for hydroxylation is 1. The highest BCUT2D eigenvalue weighted by Crippen LogP contribution is 2.36. The number of aromatic nitrogens is 1. The molecule has 0 radical (unpaired) electrons. The van der Waals surface area contributed by atoms with Gasteiger partial charge >= 0.3 is 0 Å². The van der Waals surface area contributed by atoms with E-state index in [9.17, 15) is 14.9 Å². The van der Waals surface area contributed by atoms with E-state index < -0.39 is 5.91 Å². The highest BCUT2D eigenvalue weighted by atomic mass is 32.1. The fourth-order valence-corrected chi connectivity index (χ4v) is 5.01. The number of para-hydroxylation sites is 1. The molecule has 2 heterocycles.